The maximum atomic E-state index is 11.6. The molecule has 1 unspecified atom stereocenters. The van der Waals surface area contributed by atoms with Crippen molar-refractivity contribution in [2.75, 3.05) is 7.11 Å². The molecule has 0 aliphatic carbocycles. The van der Waals surface area contributed by atoms with Gasteiger partial charge < -0.3 is 9.84 Å². The minimum atomic E-state index is -0.867. The minimum Gasteiger partial charge on any atom is -0.481 e. The van der Waals surface area contributed by atoms with Crippen LogP contribution in [0.5, 0.6) is 5.88 Å². The summed E-state index contributed by atoms with van der Waals surface area (Å²) in [6, 6.07) is 18.0. The number of hydrogen-bond donors (Lipinski definition) is 1. The number of methoxy groups -OCH3 is 1. The van der Waals surface area contributed by atoms with Gasteiger partial charge in [-0.15, -0.1) is 0 Å². The van der Waals surface area contributed by atoms with Gasteiger partial charge in [0.2, 0.25) is 5.88 Å². The molecule has 3 rings (SSSR count). The van der Waals surface area contributed by atoms with Gasteiger partial charge in [-0.1, -0.05) is 56.3 Å². The van der Waals surface area contributed by atoms with Crippen LogP contribution in [0.3, 0.4) is 0 Å². The van der Waals surface area contributed by atoms with Crippen molar-refractivity contribution in [3.05, 3.63) is 60.2 Å². The fourth-order valence-corrected chi connectivity index (χ4v) is 3.14. The van der Waals surface area contributed by atoms with Crippen LogP contribution in [0, 0.1) is 5.92 Å². The van der Waals surface area contributed by atoms with Crippen LogP contribution in [0.25, 0.3) is 22.0 Å². The van der Waals surface area contributed by atoms with Gasteiger partial charge in [0.1, 0.15) is 0 Å². The van der Waals surface area contributed by atoms with E-state index in [0.717, 1.165) is 16.6 Å². The molecule has 0 aliphatic rings. The van der Waals surface area contributed by atoms with E-state index in [4.69, 9.17) is 4.74 Å². The van der Waals surface area contributed by atoms with Crippen LogP contribution < -0.4 is 4.74 Å². The Balaban J connectivity index is 2.07. The van der Waals surface area contributed by atoms with E-state index in [0.29, 0.717) is 11.4 Å². The molecule has 1 N–H and O–H groups in total. The Morgan fingerprint density at radius 2 is 1.76 bits per heavy atom. The van der Waals surface area contributed by atoms with E-state index in [-0.39, 0.29) is 5.92 Å². The smallest absolute Gasteiger partial charge is 0.311 e. The topological polar surface area (TPSA) is 59.4 Å². The summed E-state index contributed by atoms with van der Waals surface area (Å²) in [5.41, 5.74) is 2.34. The van der Waals surface area contributed by atoms with Crippen molar-refractivity contribution in [2.24, 2.45) is 5.92 Å². The summed E-state index contributed by atoms with van der Waals surface area (Å²) in [5, 5.41) is 11.8. The quantitative estimate of drug-likeness (QED) is 0.732. The van der Waals surface area contributed by atoms with Crippen molar-refractivity contribution in [2.45, 2.75) is 19.8 Å². The first-order chi connectivity index (χ1) is 12.0. The molecule has 0 spiro atoms. The van der Waals surface area contributed by atoms with Crippen LogP contribution in [0.4, 0.5) is 0 Å². The lowest BCUT2D eigenvalue weighted by Gasteiger charge is -2.19. The maximum Gasteiger partial charge on any atom is 0.311 e. The van der Waals surface area contributed by atoms with Crippen LogP contribution in [-0.2, 0) is 4.79 Å². The van der Waals surface area contributed by atoms with E-state index >= 15 is 0 Å². The van der Waals surface area contributed by atoms with Crippen molar-refractivity contribution < 1.29 is 14.6 Å². The molecule has 0 radical (unpaired) electrons. The molecule has 0 fully saturated rings. The van der Waals surface area contributed by atoms with Gasteiger partial charge in [-0.25, -0.2) is 4.98 Å². The zero-order valence-corrected chi connectivity index (χ0v) is 14.6. The molecule has 128 valence electrons. The average molecular weight is 335 g/mol. The number of rotatable bonds is 5. The Bertz CT molecular complexity index is 918. The van der Waals surface area contributed by atoms with Gasteiger partial charge in [0.05, 0.1) is 18.7 Å². The first kappa shape index (κ1) is 17.0. The monoisotopic (exact) mass is 335 g/mol. The van der Waals surface area contributed by atoms with Crippen LogP contribution >= 0.6 is 0 Å². The molecule has 4 nitrogen and oxygen atoms in total. The number of carboxylic acids is 1. The zero-order valence-electron chi connectivity index (χ0n) is 14.6. The van der Waals surface area contributed by atoms with Crippen molar-refractivity contribution in [3.8, 4) is 17.1 Å². The molecule has 2 aromatic carbocycles. The first-order valence-corrected chi connectivity index (χ1v) is 8.28. The van der Waals surface area contributed by atoms with Crippen LogP contribution in [0.1, 0.15) is 25.3 Å². The summed E-state index contributed by atoms with van der Waals surface area (Å²) >= 11 is 0. The first-order valence-electron chi connectivity index (χ1n) is 8.28. The third-order valence-corrected chi connectivity index (χ3v) is 4.40. The average Bonchev–Trinajstić information content (AvgIpc) is 2.61. The molecule has 0 bridgehead atoms. The zero-order chi connectivity index (χ0) is 18.0. The van der Waals surface area contributed by atoms with E-state index < -0.39 is 11.9 Å². The number of carboxylic acid groups (broad SMARTS) is 1. The van der Waals surface area contributed by atoms with Gasteiger partial charge >= 0.3 is 5.97 Å². The number of benzene rings is 2. The molecule has 0 aliphatic heterocycles. The van der Waals surface area contributed by atoms with Crippen LogP contribution in [0.15, 0.2) is 54.6 Å². The summed E-state index contributed by atoms with van der Waals surface area (Å²) in [6.07, 6.45) is 0. The molecule has 0 saturated heterocycles. The number of aliphatic carboxylic acids is 1. The number of fused-ring (bicyclic) bond motifs is 1. The van der Waals surface area contributed by atoms with E-state index in [1.807, 2.05) is 44.2 Å². The molecular weight excluding hydrogens is 314 g/mol. The largest absolute Gasteiger partial charge is 0.481 e. The van der Waals surface area contributed by atoms with Crippen molar-refractivity contribution in [1.29, 1.82) is 0 Å². The molecule has 3 aromatic rings. The molecule has 1 heterocycles. The lowest BCUT2D eigenvalue weighted by Crippen LogP contribution is -2.18. The highest BCUT2D eigenvalue weighted by molar-refractivity contribution is 5.87. The highest BCUT2D eigenvalue weighted by atomic mass is 16.5. The minimum absolute atomic E-state index is 0.0558. The van der Waals surface area contributed by atoms with Gasteiger partial charge in [-0.3, -0.25) is 4.79 Å². The lowest BCUT2D eigenvalue weighted by molar-refractivity contribution is -0.139. The second-order valence-corrected chi connectivity index (χ2v) is 6.42. The van der Waals surface area contributed by atoms with Gasteiger partial charge in [0.25, 0.3) is 0 Å². The SMILES string of the molecule is COc1nc(-c2ccc3ccccc3c2)ccc1C(C(=O)O)C(C)C. The lowest BCUT2D eigenvalue weighted by atomic mass is 9.89. The standard InChI is InChI=1S/C21H21NO3/c1-13(2)19(21(23)24)17-10-11-18(22-20(17)25-3)16-9-8-14-6-4-5-7-15(14)12-16/h4-13,19H,1-3H3,(H,23,24). The Labute approximate surface area is 147 Å². The van der Waals surface area contributed by atoms with E-state index in [1.54, 1.807) is 0 Å². The van der Waals surface area contributed by atoms with Gasteiger partial charge in [-0.2, -0.15) is 0 Å². The number of hydrogen-bond acceptors (Lipinski definition) is 3. The summed E-state index contributed by atoms with van der Waals surface area (Å²) < 4.78 is 5.40. The molecular formula is C21H21NO3. The summed E-state index contributed by atoms with van der Waals surface area (Å²) in [5.74, 6) is -1.20. The van der Waals surface area contributed by atoms with Gasteiger partial charge in [0.15, 0.2) is 0 Å². The van der Waals surface area contributed by atoms with Gasteiger partial charge in [-0.05, 0) is 28.8 Å². The number of carbonyl (C=O) groups is 1. The Morgan fingerprint density at radius 3 is 2.40 bits per heavy atom. The number of pyridine rings is 1. The third kappa shape index (κ3) is 3.33. The Morgan fingerprint density at radius 1 is 1.04 bits per heavy atom. The fourth-order valence-electron chi connectivity index (χ4n) is 3.14. The number of ether oxygens (including phenoxy) is 1. The van der Waals surface area contributed by atoms with Gasteiger partial charge in [0, 0.05) is 11.1 Å². The highest BCUT2D eigenvalue weighted by Gasteiger charge is 2.27. The summed E-state index contributed by atoms with van der Waals surface area (Å²) in [4.78, 5) is 16.2. The Hall–Kier alpha value is -2.88. The predicted molar refractivity (Wildman–Crippen MR) is 98.9 cm³/mol. The van der Waals surface area contributed by atoms with E-state index in [1.165, 1.54) is 12.5 Å². The number of aromatic nitrogens is 1. The fraction of sp³-hybridized carbons (Fsp3) is 0.238. The predicted octanol–water partition coefficient (Wildman–Crippen LogP) is 4.73. The summed E-state index contributed by atoms with van der Waals surface area (Å²) in [6.45, 7) is 3.77. The summed E-state index contributed by atoms with van der Waals surface area (Å²) in [7, 11) is 1.52. The third-order valence-electron chi connectivity index (χ3n) is 4.40. The molecule has 1 atom stereocenters. The molecule has 1 aromatic heterocycles. The van der Waals surface area contributed by atoms with Crippen molar-refractivity contribution in [3.63, 3.8) is 0 Å². The molecule has 25 heavy (non-hydrogen) atoms. The van der Waals surface area contributed by atoms with Crippen molar-refractivity contribution >= 4 is 16.7 Å². The second kappa shape index (κ2) is 6.93. The maximum absolute atomic E-state index is 11.6. The number of nitrogens with zero attached hydrogens (tertiary/aromatic N) is 1. The highest BCUT2D eigenvalue weighted by Crippen LogP contribution is 2.33. The normalized spacial score (nSPS) is 12.3. The Kier molecular flexibility index (Phi) is 4.70. The second-order valence-electron chi connectivity index (χ2n) is 6.42. The molecule has 4 heteroatoms. The van der Waals surface area contributed by atoms with Crippen molar-refractivity contribution in [1.82, 2.24) is 4.98 Å². The van der Waals surface area contributed by atoms with E-state index in [9.17, 15) is 9.90 Å². The van der Waals surface area contributed by atoms with E-state index in [2.05, 4.69) is 29.2 Å². The van der Waals surface area contributed by atoms with Crippen LogP contribution in [-0.4, -0.2) is 23.2 Å². The van der Waals surface area contributed by atoms with Crippen LogP contribution in [0.2, 0.25) is 0 Å². The molecule has 0 saturated carbocycles. The molecule has 0 amide bonds.